The van der Waals surface area contributed by atoms with Crippen molar-refractivity contribution in [2.75, 3.05) is 38.2 Å². The van der Waals surface area contributed by atoms with Gasteiger partial charge in [0.15, 0.2) is 5.78 Å². The van der Waals surface area contributed by atoms with Crippen LogP contribution < -0.4 is 9.64 Å². The number of ketones is 1. The summed E-state index contributed by atoms with van der Waals surface area (Å²) in [5, 5.41) is 1.03. The molecule has 2 heterocycles. The molecule has 2 aromatic carbocycles. The van der Waals surface area contributed by atoms with E-state index >= 15 is 0 Å². The van der Waals surface area contributed by atoms with Gasteiger partial charge in [-0.25, -0.2) is 0 Å². The molecule has 1 aromatic heterocycles. The first kappa shape index (κ1) is 19.5. The van der Waals surface area contributed by atoms with Gasteiger partial charge < -0.3 is 14.6 Å². The van der Waals surface area contributed by atoms with E-state index in [9.17, 15) is 4.79 Å². The van der Waals surface area contributed by atoms with Gasteiger partial charge in [-0.1, -0.05) is 18.2 Å². The minimum absolute atomic E-state index is 0.194. The first-order chi connectivity index (χ1) is 14.0. The average molecular weight is 392 g/mol. The first-order valence-electron chi connectivity index (χ1n) is 10.2. The highest BCUT2D eigenvalue weighted by molar-refractivity contribution is 6.10. The van der Waals surface area contributed by atoms with E-state index in [1.807, 2.05) is 19.1 Å². The van der Waals surface area contributed by atoms with Crippen molar-refractivity contribution >= 4 is 22.4 Å². The van der Waals surface area contributed by atoms with Crippen molar-refractivity contribution in [3.8, 4) is 5.75 Å². The number of aromatic nitrogens is 1. The Morgan fingerprint density at radius 1 is 1.17 bits per heavy atom. The Kier molecular flexibility index (Phi) is 5.33. The number of nitrogens with one attached hydrogen (secondary N) is 1. The number of benzene rings is 2. The molecule has 1 atom stereocenters. The van der Waals surface area contributed by atoms with Crippen LogP contribution in [-0.4, -0.2) is 55.0 Å². The lowest BCUT2D eigenvalue weighted by atomic mass is 10.0. The van der Waals surface area contributed by atoms with Crippen LogP contribution in [0, 0.1) is 13.8 Å². The average Bonchev–Trinajstić information content (AvgIpc) is 3.03. The summed E-state index contributed by atoms with van der Waals surface area (Å²) in [7, 11) is 1.69. The normalized spacial score (nSPS) is 17.7. The molecule has 0 bridgehead atoms. The van der Waals surface area contributed by atoms with Crippen LogP contribution in [0.3, 0.4) is 0 Å². The summed E-state index contributed by atoms with van der Waals surface area (Å²) in [5.74, 6) is 1.07. The molecular formula is C24H29N3O2. The molecule has 1 fully saturated rings. The van der Waals surface area contributed by atoms with E-state index in [4.69, 9.17) is 4.74 Å². The number of ether oxygens (including phenoxy) is 1. The zero-order chi connectivity index (χ0) is 20.5. The van der Waals surface area contributed by atoms with Gasteiger partial charge in [-0.2, -0.15) is 0 Å². The molecule has 0 spiro atoms. The van der Waals surface area contributed by atoms with Gasteiger partial charge in [-0.05, 0) is 44.5 Å². The van der Waals surface area contributed by atoms with Crippen LogP contribution in [0.1, 0.15) is 28.5 Å². The number of Topliss-reactive ketones (excluding diaryl/α,β-unsaturated/α-hetero) is 1. The number of hydrogen-bond donors (Lipinski definition) is 1. The Morgan fingerprint density at radius 3 is 2.76 bits per heavy atom. The second kappa shape index (κ2) is 7.91. The summed E-state index contributed by atoms with van der Waals surface area (Å²) in [5.41, 5.74) is 5.20. The van der Waals surface area contributed by atoms with Crippen molar-refractivity contribution in [2.24, 2.45) is 0 Å². The predicted octanol–water partition coefficient (Wildman–Crippen LogP) is 4.19. The fraction of sp³-hybridized carbons (Fsp3) is 0.375. The largest absolute Gasteiger partial charge is 0.497 e. The van der Waals surface area contributed by atoms with E-state index in [1.165, 1.54) is 11.3 Å². The van der Waals surface area contributed by atoms with Crippen molar-refractivity contribution in [1.82, 2.24) is 9.88 Å². The quantitative estimate of drug-likeness (QED) is 0.663. The molecule has 5 nitrogen and oxygen atoms in total. The first-order valence-corrected chi connectivity index (χ1v) is 10.2. The van der Waals surface area contributed by atoms with Gasteiger partial charge in [0, 0.05) is 59.6 Å². The fourth-order valence-electron chi connectivity index (χ4n) is 4.44. The summed E-state index contributed by atoms with van der Waals surface area (Å²) in [6.07, 6.45) is 0. The van der Waals surface area contributed by atoms with Crippen LogP contribution in [0.15, 0.2) is 42.5 Å². The number of H-pyrrole nitrogens is 1. The van der Waals surface area contributed by atoms with E-state index in [2.05, 4.69) is 59.0 Å². The van der Waals surface area contributed by atoms with Crippen molar-refractivity contribution in [1.29, 1.82) is 0 Å². The maximum atomic E-state index is 13.1. The van der Waals surface area contributed by atoms with Gasteiger partial charge in [0.05, 0.1) is 13.7 Å². The van der Waals surface area contributed by atoms with Crippen molar-refractivity contribution < 1.29 is 9.53 Å². The highest BCUT2D eigenvalue weighted by Gasteiger charge is 2.27. The minimum Gasteiger partial charge on any atom is -0.497 e. The molecule has 0 saturated carbocycles. The van der Waals surface area contributed by atoms with Gasteiger partial charge >= 0.3 is 0 Å². The van der Waals surface area contributed by atoms with E-state index in [-0.39, 0.29) is 5.78 Å². The maximum Gasteiger partial charge on any atom is 0.179 e. The van der Waals surface area contributed by atoms with Crippen molar-refractivity contribution in [3.05, 3.63) is 59.3 Å². The van der Waals surface area contributed by atoms with Crippen molar-refractivity contribution in [3.63, 3.8) is 0 Å². The molecule has 5 heteroatoms. The number of aromatic amines is 1. The van der Waals surface area contributed by atoms with E-state index < -0.39 is 0 Å². The molecule has 0 unspecified atom stereocenters. The molecule has 3 aromatic rings. The zero-order valence-electron chi connectivity index (χ0n) is 17.7. The zero-order valence-corrected chi connectivity index (χ0v) is 17.7. The summed E-state index contributed by atoms with van der Waals surface area (Å²) in [6.45, 7) is 9.37. The van der Waals surface area contributed by atoms with Crippen LogP contribution in [0.5, 0.6) is 5.75 Å². The number of piperazine rings is 1. The highest BCUT2D eigenvalue weighted by atomic mass is 16.5. The van der Waals surface area contributed by atoms with Gasteiger partial charge in [0.25, 0.3) is 0 Å². The lowest BCUT2D eigenvalue weighted by Gasteiger charge is -2.41. The molecule has 0 amide bonds. The smallest absolute Gasteiger partial charge is 0.179 e. The molecule has 0 radical (unpaired) electrons. The molecule has 29 heavy (non-hydrogen) atoms. The monoisotopic (exact) mass is 391 g/mol. The number of rotatable bonds is 5. The Balaban J connectivity index is 1.46. The molecular weight excluding hydrogens is 362 g/mol. The third-order valence-corrected chi connectivity index (χ3v) is 5.88. The number of carbonyl (C=O) groups is 1. The Morgan fingerprint density at radius 2 is 2.00 bits per heavy atom. The third-order valence-electron chi connectivity index (χ3n) is 5.88. The van der Waals surface area contributed by atoms with Crippen molar-refractivity contribution in [2.45, 2.75) is 26.8 Å². The highest BCUT2D eigenvalue weighted by Crippen LogP contribution is 2.26. The molecule has 152 valence electrons. The second-order valence-corrected chi connectivity index (χ2v) is 8.08. The summed E-state index contributed by atoms with van der Waals surface area (Å²) < 4.78 is 5.36. The number of nitrogens with zero attached hydrogens (tertiary/aromatic N) is 2. The third kappa shape index (κ3) is 3.87. The van der Waals surface area contributed by atoms with Crippen LogP contribution in [0.4, 0.5) is 5.69 Å². The number of anilines is 1. The van der Waals surface area contributed by atoms with E-state index in [1.54, 1.807) is 7.11 Å². The topological polar surface area (TPSA) is 48.6 Å². The van der Waals surface area contributed by atoms with Crippen LogP contribution in [0.25, 0.3) is 10.9 Å². The van der Waals surface area contributed by atoms with Gasteiger partial charge in [0.1, 0.15) is 5.75 Å². The minimum atomic E-state index is 0.194. The summed E-state index contributed by atoms with van der Waals surface area (Å²) in [4.78, 5) is 21.2. The number of fused-ring (bicyclic) bond motifs is 1. The number of aryl methyl sites for hydroxylation is 2. The molecule has 1 saturated heterocycles. The lowest BCUT2D eigenvalue weighted by molar-refractivity contribution is 0.0918. The van der Waals surface area contributed by atoms with E-state index in [0.29, 0.717) is 12.6 Å². The molecule has 1 aliphatic rings. The second-order valence-electron chi connectivity index (χ2n) is 8.08. The Bertz CT molecular complexity index is 1040. The van der Waals surface area contributed by atoms with E-state index in [0.717, 1.165) is 47.5 Å². The number of carbonyl (C=O) groups excluding carboxylic acids is 1. The molecule has 1 aliphatic heterocycles. The van der Waals surface area contributed by atoms with Crippen LogP contribution in [-0.2, 0) is 0 Å². The Labute approximate surface area is 172 Å². The molecule has 4 rings (SSSR count). The standard InChI is InChI=1S/C24H29N3O2/c1-16-8-9-21-22(12-16)25-18(3)24(21)23(28)15-26-10-11-27(17(2)14-26)19-6-5-7-20(13-19)29-4/h5-9,12-13,17,25H,10-11,14-15H2,1-4H3/t17-/m0/s1. The van der Waals surface area contributed by atoms with Gasteiger partial charge in [-0.15, -0.1) is 0 Å². The maximum absolute atomic E-state index is 13.1. The fourth-order valence-corrected chi connectivity index (χ4v) is 4.44. The van der Waals surface area contributed by atoms with Gasteiger partial charge in [-0.3, -0.25) is 9.69 Å². The summed E-state index contributed by atoms with van der Waals surface area (Å²) in [6, 6.07) is 14.8. The van der Waals surface area contributed by atoms with Crippen LogP contribution >= 0.6 is 0 Å². The molecule has 1 N–H and O–H groups in total. The van der Waals surface area contributed by atoms with Crippen LogP contribution in [0.2, 0.25) is 0 Å². The predicted molar refractivity (Wildman–Crippen MR) is 118 cm³/mol. The number of methoxy groups -OCH3 is 1. The van der Waals surface area contributed by atoms with Gasteiger partial charge in [0.2, 0.25) is 0 Å². The number of hydrogen-bond acceptors (Lipinski definition) is 4. The summed E-state index contributed by atoms with van der Waals surface area (Å²) >= 11 is 0. The lowest BCUT2D eigenvalue weighted by Crippen LogP contribution is -2.53. The molecule has 0 aliphatic carbocycles. The Hall–Kier alpha value is -2.79. The SMILES string of the molecule is COc1cccc(N2CCN(CC(=O)c3c(C)[nH]c4cc(C)ccc34)C[C@@H]2C)c1.